The topological polar surface area (TPSA) is 88.2 Å². The molecule has 0 aromatic carbocycles. The SMILES string of the molecule is Cc1ccc(NC(=O)CC(O)CN)c(C)n1. The van der Waals surface area contributed by atoms with Crippen molar-refractivity contribution in [3.05, 3.63) is 23.5 Å². The number of hydrogen-bond donors (Lipinski definition) is 3. The highest BCUT2D eigenvalue weighted by Gasteiger charge is 2.10. The molecule has 1 unspecified atom stereocenters. The minimum Gasteiger partial charge on any atom is -0.391 e. The number of aryl methyl sites for hydroxylation is 2. The predicted molar refractivity (Wildman–Crippen MR) is 62.0 cm³/mol. The maximum Gasteiger partial charge on any atom is 0.227 e. The van der Waals surface area contributed by atoms with Crippen molar-refractivity contribution in [3.63, 3.8) is 0 Å². The van der Waals surface area contributed by atoms with Gasteiger partial charge in [0, 0.05) is 12.2 Å². The first-order valence-electron chi connectivity index (χ1n) is 5.15. The molecular weight excluding hydrogens is 206 g/mol. The van der Waals surface area contributed by atoms with E-state index in [4.69, 9.17) is 5.73 Å². The third-order valence-corrected chi connectivity index (χ3v) is 2.19. The Bertz CT molecular complexity index is 379. The van der Waals surface area contributed by atoms with Crippen LogP contribution < -0.4 is 11.1 Å². The quantitative estimate of drug-likeness (QED) is 0.687. The third-order valence-electron chi connectivity index (χ3n) is 2.19. The van der Waals surface area contributed by atoms with Crippen LogP contribution in [0, 0.1) is 13.8 Å². The van der Waals surface area contributed by atoms with E-state index in [0.29, 0.717) is 5.69 Å². The number of aliphatic hydroxyl groups excluding tert-OH is 1. The van der Waals surface area contributed by atoms with Gasteiger partial charge in [-0.1, -0.05) is 0 Å². The first kappa shape index (κ1) is 12.6. The van der Waals surface area contributed by atoms with Crippen molar-refractivity contribution in [3.8, 4) is 0 Å². The van der Waals surface area contributed by atoms with Crippen LogP contribution in [-0.4, -0.2) is 28.6 Å². The first-order valence-corrected chi connectivity index (χ1v) is 5.15. The number of amides is 1. The summed E-state index contributed by atoms with van der Waals surface area (Å²) in [6, 6.07) is 3.62. The Morgan fingerprint density at radius 3 is 2.81 bits per heavy atom. The number of pyridine rings is 1. The Balaban J connectivity index is 2.63. The summed E-state index contributed by atoms with van der Waals surface area (Å²) in [5, 5.41) is 11.9. The van der Waals surface area contributed by atoms with E-state index in [-0.39, 0.29) is 18.9 Å². The zero-order chi connectivity index (χ0) is 12.1. The van der Waals surface area contributed by atoms with Gasteiger partial charge in [-0.05, 0) is 26.0 Å². The molecule has 0 radical (unpaired) electrons. The number of aromatic nitrogens is 1. The molecule has 0 aliphatic rings. The zero-order valence-electron chi connectivity index (χ0n) is 9.53. The second kappa shape index (κ2) is 5.58. The van der Waals surface area contributed by atoms with Crippen LogP contribution in [-0.2, 0) is 4.79 Å². The van der Waals surface area contributed by atoms with Crippen LogP contribution in [0.25, 0.3) is 0 Å². The van der Waals surface area contributed by atoms with Crippen LogP contribution >= 0.6 is 0 Å². The van der Waals surface area contributed by atoms with Crippen LogP contribution in [0.5, 0.6) is 0 Å². The number of nitrogens with two attached hydrogens (primary N) is 1. The van der Waals surface area contributed by atoms with Crippen LogP contribution in [0.4, 0.5) is 5.69 Å². The minimum atomic E-state index is -0.793. The Morgan fingerprint density at radius 2 is 2.25 bits per heavy atom. The third kappa shape index (κ3) is 3.60. The van der Waals surface area contributed by atoms with Gasteiger partial charge in [-0.15, -0.1) is 0 Å². The van der Waals surface area contributed by atoms with E-state index in [1.54, 1.807) is 6.07 Å². The number of rotatable bonds is 4. The van der Waals surface area contributed by atoms with E-state index in [2.05, 4.69) is 10.3 Å². The maximum atomic E-state index is 11.5. The molecule has 0 saturated carbocycles. The summed E-state index contributed by atoms with van der Waals surface area (Å²) in [7, 11) is 0. The second-order valence-electron chi connectivity index (χ2n) is 3.73. The molecule has 16 heavy (non-hydrogen) atoms. The molecule has 0 aliphatic carbocycles. The summed E-state index contributed by atoms with van der Waals surface area (Å²) in [6.07, 6.45) is -0.789. The van der Waals surface area contributed by atoms with Gasteiger partial charge in [0.05, 0.1) is 23.9 Å². The Hall–Kier alpha value is -1.46. The predicted octanol–water partition coefficient (Wildman–Crippen LogP) is 0.347. The minimum absolute atomic E-state index is 0.00379. The van der Waals surface area contributed by atoms with Gasteiger partial charge in [-0.3, -0.25) is 9.78 Å². The highest BCUT2D eigenvalue weighted by atomic mass is 16.3. The molecule has 1 heterocycles. The molecule has 1 rings (SSSR count). The first-order chi connectivity index (χ1) is 7.52. The molecule has 1 amide bonds. The van der Waals surface area contributed by atoms with Gasteiger partial charge in [-0.25, -0.2) is 0 Å². The molecule has 88 valence electrons. The molecular formula is C11H17N3O2. The molecule has 0 bridgehead atoms. The van der Waals surface area contributed by atoms with Crippen molar-refractivity contribution >= 4 is 11.6 Å². The summed E-state index contributed by atoms with van der Waals surface area (Å²) in [6.45, 7) is 3.79. The van der Waals surface area contributed by atoms with Crippen LogP contribution in [0.1, 0.15) is 17.8 Å². The lowest BCUT2D eigenvalue weighted by atomic mass is 10.2. The number of anilines is 1. The molecule has 0 aliphatic heterocycles. The molecule has 5 heteroatoms. The van der Waals surface area contributed by atoms with Gasteiger partial charge in [-0.2, -0.15) is 0 Å². The van der Waals surface area contributed by atoms with Gasteiger partial charge in [0.1, 0.15) is 0 Å². The summed E-state index contributed by atoms with van der Waals surface area (Å²) < 4.78 is 0. The fraction of sp³-hybridized carbons (Fsp3) is 0.455. The van der Waals surface area contributed by atoms with Gasteiger partial charge in [0.15, 0.2) is 0 Å². The number of carbonyl (C=O) groups is 1. The highest BCUT2D eigenvalue weighted by Crippen LogP contribution is 2.12. The van der Waals surface area contributed by atoms with E-state index in [0.717, 1.165) is 11.4 Å². The molecule has 1 aromatic heterocycles. The van der Waals surface area contributed by atoms with Crippen LogP contribution in [0.3, 0.4) is 0 Å². The lowest BCUT2D eigenvalue weighted by Crippen LogP contribution is -2.26. The summed E-state index contributed by atoms with van der Waals surface area (Å²) in [5.74, 6) is -0.258. The van der Waals surface area contributed by atoms with Crippen molar-refractivity contribution in [1.29, 1.82) is 0 Å². The van der Waals surface area contributed by atoms with Crippen molar-refractivity contribution in [2.24, 2.45) is 5.73 Å². The van der Waals surface area contributed by atoms with Crippen molar-refractivity contribution in [2.75, 3.05) is 11.9 Å². The molecule has 4 N–H and O–H groups in total. The Kier molecular flexibility index (Phi) is 4.39. The average Bonchev–Trinajstić information content (AvgIpc) is 2.22. The number of nitrogens with one attached hydrogen (secondary N) is 1. The molecule has 1 atom stereocenters. The second-order valence-corrected chi connectivity index (χ2v) is 3.73. The lowest BCUT2D eigenvalue weighted by molar-refractivity contribution is -0.117. The van der Waals surface area contributed by atoms with Gasteiger partial charge >= 0.3 is 0 Å². The van der Waals surface area contributed by atoms with Crippen molar-refractivity contribution in [2.45, 2.75) is 26.4 Å². The average molecular weight is 223 g/mol. The Morgan fingerprint density at radius 1 is 1.56 bits per heavy atom. The van der Waals surface area contributed by atoms with Gasteiger partial charge in [0.2, 0.25) is 5.91 Å². The van der Waals surface area contributed by atoms with Crippen molar-refractivity contribution in [1.82, 2.24) is 4.98 Å². The van der Waals surface area contributed by atoms with Gasteiger partial charge < -0.3 is 16.2 Å². The highest BCUT2D eigenvalue weighted by molar-refractivity contribution is 5.91. The summed E-state index contributed by atoms with van der Waals surface area (Å²) in [5.41, 5.74) is 7.55. The Labute approximate surface area is 94.7 Å². The number of nitrogens with zero attached hydrogens (tertiary/aromatic N) is 1. The van der Waals surface area contributed by atoms with Crippen LogP contribution in [0.2, 0.25) is 0 Å². The van der Waals surface area contributed by atoms with Crippen LogP contribution in [0.15, 0.2) is 12.1 Å². The standard InChI is InChI=1S/C11H17N3O2/c1-7-3-4-10(8(2)13-7)14-11(16)5-9(15)6-12/h3-4,9,15H,5-6,12H2,1-2H3,(H,14,16). The summed E-state index contributed by atoms with van der Waals surface area (Å²) >= 11 is 0. The normalized spacial score (nSPS) is 12.2. The van der Waals surface area contributed by atoms with E-state index < -0.39 is 6.10 Å². The molecule has 0 saturated heterocycles. The molecule has 0 spiro atoms. The van der Waals surface area contributed by atoms with E-state index in [9.17, 15) is 9.90 Å². The largest absolute Gasteiger partial charge is 0.391 e. The number of hydrogen-bond acceptors (Lipinski definition) is 4. The lowest BCUT2D eigenvalue weighted by Gasteiger charge is -2.10. The fourth-order valence-electron chi connectivity index (χ4n) is 1.32. The zero-order valence-corrected chi connectivity index (χ0v) is 9.53. The molecule has 0 fully saturated rings. The number of aliphatic hydroxyl groups is 1. The smallest absolute Gasteiger partial charge is 0.227 e. The van der Waals surface area contributed by atoms with E-state index >= 15 is 0 Å². The monoisotopic (exact) mass is 223 g/mol. The fourth-order valence-corrected chi connectivity index (χ4v) is 1.32. The molecule has 1 aromatic rings. The van der Waals surface area contributed by atoms with Gasteiger partial charge in [0.25, 0.3) is 0 Å². The number of carbonyl (C=O) groups excluding carboxylic acids is 1. The summed E-state index contributed by atoms with van der Waals surface area (Å²) in [4.78, 5) is 15.7. The van der Waals surface area contributed by atoms with E-state index in [1.165, 1.54) is 0 Å². The van der Waals surface area contributed by atoms with E-state index in [1.807, 2.05) is 19.9 Å². The molecule has 5 nitrogen and oxygen atoms in total. The van der Waals surface area contributed by atoms with Crippen molar-refractivity contribution < 1.29 is 9.90 Å². The maximum absolute atomic E-state index is 11.5.